The highest BCUT2D eigenvalue weighted by atomic mass is 16.6. The van der Waals surface area contributed by atoms with Crippen LogP contribution in [0, 0.1) is 0 Å². The first-order valence-corrected chi connectivity index (χ1v) is 6.51. The van der Waals surface area contributed by atoms with E-state index in [0.29, 0.717) is 6.54 Å². The second kappa shape index (κ2) is 6.57. The van der Waals surface area contributed by atoms with Gasteiger partial charge in [0, 0.05) is 19.6 Å². The molecule has 0 radical (unpaired) electrons. The molecule has 1 atom stereocenters. The SMILES string of the molecule is CN(C[C@H](N)Cc1ccccc1)C(=O)OC(C)(C)C. The predicted octanol–water partition coefficient (Wildman–Crippen LogP) is 2.42. The van der Waals surface area contributed by atoms with Gasteiger partial charge in [0.1, 0.15) is 5.60 Å². The Morgan fingerprint density at radius 3 is 2.42 bits per heavy atom. The van der Waals surface area contributed by atoms with E-state index in [9.17, 15) is 4.79 Å². The van der Waals surface area contributed by atoms with Crippen LogP contribution in [0.2, 0.25) is 0 Å². The van der Waals surface area contributed by atoms with Crippen molar-refractivity contribution >= 4 is 6.09 Å². The zero-order valence-corrected chi connectivity index (χ0v) is 12.2. The first kappa shape index (κ1) is 15.5. The van der Waals surface area contributed by atoms with E-state index < -0.39 is 5.60 Å². The molecular weight excluding hydrogens is 240 g/mol. The van der Waals surface area contributed by atoms with Crippen molar-refractivity contribution in [3.63, 3.8) is 0 Å². The molecule has 0 aromatic heterocycles. The maximum absolute atomic E-state index is 11.8. The summed E-state index contributed by atoms with van der Waals surface area (Å²) in [7, 11) is 1.71. The highest BCUT2D eigenvalue weighted by molar-refractivity contribution is 5.67. The first-order valence-electron chi connectivity index (χ1n) is 6.51. The van der Waals surface area contributed by atoms with Gasteiger partial charge in [-0.1, -0.05) is 30.3 Å². The third-order valence-electron chi connectivity index (χ3n) is 2.55. The standard InChI is InChI=1S/C15H24N2O2/c1-15(2,3)19-14(18)17(4)11-13(16)10-12-8-6-5-7-9-12/h5-9,13H,10-11,16H2,1-4H3/t13-/m1/s1. The lowest BCUT2D eigenvalue weighted by Gasteiger charge is -2.26. The van der Waals surface area contributed by atoms with Crippen molar-refractivity contribution in [2.75, 3.05) is 13.6 Å². The number of nitrogens with zero attached hydrogens (tertiary/aromatic N) is 1. The summed E-state index contributed by atoms with van der Waals surface area (Å²) in [5.74, 6) is 0. The average Bonchev–Trinajstić information content (AvgIpc) is 2.27. The van der Waals surface area contributed by atoms with Gasteiger partial charge in [-0.15, -0.1) is 0 Å². The number of hydrogen-bond acceptors (Lipinski definition) is 3. The molecule has 0 aliphatic carbocycles. The van der Waals surface area contributed by atoms with E-state index in [1.54, 1.807) is 7.05 Å². The number of nitrogens with two attached hydrogens (primary N) is 1. The van der Waals surface area contributed by atoms with Crippen LogP contribution in [0.3, 0.4) is 0 Å². The molecule has 4 heteroatoms. The van der Waals surface area contributed by atoms with Crippen LogP contribution in [0.4, 0.5) is 4.79 Å². The van der Waals surface area contributed by atoms with Crippen LogP contribution in [-0.4, -0.2) is 36.2 Å². The van der Waals surface area contributed by atoms with Gasteiger partial charge in [-0.05, 0) is 32.8 Å². The lowest BCUT2D eigenvalue weighted by Crippen LogP contribution is -2.42. The Balaban J connectivity index is 2.44. The molecule has 0 heterocycles. The Hall–Kier alpha value is -1.55. The van der Waals surface area contributed by atoms with Gasteiger partial charge in [0.25, 0.3) is 0 Å². The van der Waals surface area contributed by atoms with Crippen molar-refractivity contribution in [3.05, 3.63) is 35.9 Å². The molecule has 0 bridgehead atoms. The molecule has 0 saturated heterocycles. The van der Waals surface area contributed by atoms with Gasteiger partial charge >= 0.3 is 6.09 Å². The third kappa shape index (κ3) is 6.25. The summed E-state index contributed by atoms with van der Waals surface area (Å²) in [5, 5.41) is 0. The van der Waals surface area contributed by atoms with Gasteiger partial charge in [0.15, 0.2) is 0 Å². The fraction of sp³-hybridized carbons (Fsp3) is 0.533. The second-order valence-electron chi connectivity index (χ2n) is 5.81. The maximum atomic E-state index is 11.8. The number of likely N-dealkylation sites (N-methyl/N-ethyl adjacent to an activating group) is 1. The van der Waals surface area contributed by atoms with Gasteiger partial charge in [0.05, 0.1) is 0 Å². The number of hydrogen-bond donors (Lipinski definition) is 1. The lowest BCUT2D eigenvalue weighted by molar-refractivity contribution is 0.0289. The Morgan fingerprint density at radius 1 is 1.32 bits per heavy atom. The molecule has 1 rings (SSSR count). The first-order chi connectivity index (χ1) is 8.78. The minimum Gasteiger partial charge on any atom is -0.444 e. The predicted molar refractivity (Wildman–Crippen MR) is 77.0 cm³/mol. The van der Waals surface area contributed by atoms with Gasteiger partial charge in [-0.25, -0.2) is 4.79 Å². The Kier molecular flexibility index (Phi) is 5.36. The molecule has 1 aromatic rings. The largest absolute Gasteiger partial charge is 0.444 e. The van der Waals surface area contributed by atoms with Gasteiger partial charge in [0.2, 0.25) is 0 Å². The molecule has 106 valence electrons. The van der Waals surface area contributed by atoms with Crippen LogP contribution >= 0.6 is 0 Å². The number of benzene rings is 1. The van der Waals surface area contributed by atoms with E-state index in [4.69, 9.17) is 10.5 Å². The van der Waals surface area contributed by atoms with Crippen molar-refractivity contribution in [1.29, 1.82) is 0 Å². The van der Waals surface area contributed by atoms with Crippen LogP contribution in [-0.2, 0) is 11.2 Å². The molecule has 0 aliphatic rings. The molecule has 0 spiro atoms. The molecular formula is C15H24N2O2. The summed E-state index contributed by atoms with van der Waals surface area (Å²) in [6.45, 7) is 6.03. The number of rotatable bonds is 4. The van der Waals surface area contributed by atoms with Gasteiger partial charge in [-0.2, -0.15) is 0 Å². The number of ether oxygens (including phenoxy) is 1. The Labute approximate surface area is 115 Å². The quantitative estimate of drug-likeness (QED) is 0.908. The van der Waals surface area contributed by atoms with Crippen molar-refractivity contribution in [2.45, 2.75) is 38.8 Å². The van der Waals surface area contributed by atoms with Crippen LogP contribution in [0.1, 0.15) is 26.3 Å². The minimum atomic E-state index is -0.477. The summed E-state index contributed by atoms with van der Waals surface area (Å²) < 4.78 is 5.28. The van der Waals surface area contributed by atoms with Crippen molar-refractivity contribution in [2.24, 2.45) is 5.73 Å². The van der Waals surface area contributed by atoms with Crippen molar-refractivity contribution < 1.29 is 9.53 Å². The molecule has 0 saturated carbocycles. The molecule has 0 unspecified atom stereocenters. The molecule has 0 fully saturated rings. The average molecular weight is 264 g/mol. The van der Waals surface area contributed by atoms with Crippen LogP contribution in [0.15, 0.2) is 30.3 Å². The van der Waals surface area contributed by atoms with Crippen LogP contribution in [0.5, 0.6) is 0 Å². The number of carbonyl (C=O) groups excluding carboxylic acids is 1. The zero-order chi connectivity index (χ0) is 14.5. The number of amides is 1. The highest BCUT2D eigenvalue weighted by Crippen LogP contribution is 2.10. The summed E-state index contributed by atoms with van der Waals surface area (Å²) in [6, 6.07) is 9.92. The Morgan fingerprint density at radius 2 is 1.89 bits per heavy atom. The van der Waals surface area contributed by atoms with Crippen molar-refractivity contribution in [3.8, 4) is 0 Å². The monoisotopic (exact) mass is 264 g/mol. The fourth-order valence-corrected chi connectivity index (χ4v) is 1.75. The van der Waals surface area contributed by atoms with Crippen LogP contribution < -0.4 is 5.73 Å². The molecule has 2 N–H and O–H groups in total. The van der Waals surface area contributed by atoms with Crippen LogP contribution in [0.25, 0.3) is 0 Å². The van der Waals surface area contributed by atoms with E-state index >= 15 is 0 Å². The van der Waals surface area contributed by atoms with E-state index in [1.807, 2.05) is 51.1 Å². The van der Waals surface area contributed by atoms with Crippen molar-refractivity contribution in [1.82, 2.24) is 4.90 Å². The topological polar surface area (TPSA) is 55.6 Å². The Bertz CT molecular complexity index is 398. The highest BCUT2D eigenvalue weighted by Gasteiger charge is 2.20. The van der Waals surface area contributed by atoms with E-state index in [1.165, 1.54) is 10.5 Å². The zero-order valence-electron chi connectivity index (χ0n) is 12.2. The minimum absolute atomic E-state index is 0.0973. The maximum Gasteiger partial charge on any atom is 0.410 e. The smallest absolute Gasteiger partial charge is 0.410 e. The normalized spacial score (nSPS) is 12.9. The molecule has 0 aliphatic heterocycles. The van der Waals surface area contributed by atoms with Gasteiger partial charge < -0.3 is 15.4 Å². The summed E-state index contributed by atoms with van der Waals surface area (Å²) in [5.41, 5.74) is 6.76. The number of carbonyl (C=O) groups is 1. The van der Waals surface area contributed by atoms with Gasteiger partial charge in [-0.3, -0.25) is 0 Å². The molecule has 1 amide bonds. The third-order valence-corrected chi connectivity index (χ3v) is 2.55. The lowest BCUT2D eigenvalue weighted by atomic mass is 10.1. The van der Waals surface area contributed by atoms with E-state index in [-0.39, 0.29) is 12.1 Å². The molecule has 19 heavy (non-hydrogen) atoms. The molecule has 4 nitrogen and oxygen atoms in total. The fourth-order valence-electron chi connectivity index (χ4n) is 1.75. The van der Waals surface area contributed by atoms with E-state index in [0.717, 1.165) is 6.42 Å². The van der Waals surface area contributed by atoms with E-state index in [2.05, 4.69) is 0 Å². The summed E-state index contributed by atoms with van der Waals surface area (Å²) >= 11 is 0. The summed E-state index contributed by atoms with van der Waals surface area (Å²) in [4.78, 5) is 13.3. The molecule has 1 aromatic carbocycles. The summed E-state index contributed by atoms with van der Waals surface area (Å²) in [6.07, 6.45) is 0.407. The second-order valence-corrected chi connectivity index (χ2v) is 5.81.